The SMILES string of the molecule is CCCCCCCCC(CC)OC(=O)NCCCCCOC(=O)CCN(CCCN1CCCC1)CCC(=O)OCCCCCNC(=O)OC(CC)CCCCCCCC. The lowest BCUT2D eigenvalue weighted by atomic mass is 10.1. The summed E-state index contributed by atoms with van der Waals surface area (Å²) in [5.74, 6) is -0.452. The molecule has 1 rings (SSSR count). The molecule has 12 nitrogen and oxygen atoms in total. The number of unbranched alkanes of at least 4 members (excludes halogenated alkanes) is 14. The van der Waals surface area contributed by atoms with Gasteiger partial charge < -0.3 is 39.4 Å². The highest BCUT2D eigenvalue weighted by molar-refractivity contribution is 5.70. The number of amides is 2. The molecule has 12 heteroatoms. The summed E-state index contributed by atoms with van der Waals surface area (Å²) in [4.78, 5) is 54.3. The summed E-state index contributed by atoms with van der Waals surface area (Å²) in [5, 5.41) is 5.73. The summed E-state index contributed by atoms with van der Waals surface area (Å²) in [6, 6.07) is 0. The maximum atomic E-state index is 12.6. The molecule has 0 aromatic heterocycles. The first-order valence-corrected chi connectivity index (χ1v) is 24.5. The van der Waals surface area contributed by atoms with Crippen LogP contribution >= 0.6 is 0 Å². The molecule has 2 amide bonds. The van der Waals surface area contributed by atoms with Crippen molar-refractivity contribution in [2.24, 2.45) is 0 Å². The molecule has 2 N–H and O–H groups in total. The zero-order valence-corrected chi connectivity index (χ0v) is 38.5. The second kappa shape index (κ2) is 39.5. The zero-order valence-electron chi connectivity index (χ0n) is 38.5. The van der Waals surface area contributed by atoms with Crippen LogP contribution in [0.3, 0.4) is 0 Å². The molecule has 346 valence electrons. The molecule has 0 aromatic rings. The van der Waals surface area contributed by atoms with Gasteiger partial charge in [0, 0.05) is 26.2 Å². The van der Waals surface area contributed by atoms with Gasteiger partial charge in [-0.2, -0.15) is 0 Å². The fraction of sp³-hybridized carbons (Fsp3) is 0.915. The van der Waals surface area contributed by atoms with Gasteiger partial charge in [0.15, 0.2) is 0 Å². The third-order valence-corrected chi connectivity index (χ3v) is 11.3. The third kappa shape index (κ3) is 33.8. The Morgan fingerprint density at radius 1 is 0.525 bits per heavy atom. The summed E-state index contributed by atoms with van der Waals surface area (Å²) >= 11 is 0. The standard InChI is InChI=1S/C47H90N4O8/c1-5-9-11-13-15-19-28-42(7-3)58-46(54)48-32-21-17-25-40-56-44(52)30-38-51(37-27-36-50-34-23-24-35-50)39-31-45(53)57-41-26-18-22-33-49-47(55)59-43(8-4)29-20-16-14-12-10-6-2/h42-43H,5-41H2,1-4H3,(H,48,54)(H,49,55). The molecule has 0 aromatic carbocycles. The van der Waals surface area contributed by atoms with Gasteiger partial charge in [-0.05, 0) is 122 Å². The predicted octanol–water partition coefficient (Wildman–Crippen LogP) is 10.5. The lowest BCUT2D eigenvalue weighted by Gasteiger charge is -2.23. The summed E-state index contributed by atoms with van der Waals surface area (Å²) in [5.41, 5.74) is 0. The van der Waals surface area contributed by atoms with Gasteiger partial charge in [0.2, 0.25) is 0 Å². The molecule has 1 heterocycles. The van der Waals surface area contributed by atoms with Crippen LogP contribution in [0.5, 0.6) is 0 Å². The van der Waals surface area contributed by atoms with Crippen LogP contribution in [0.1, 0.15) is 201 Å². The number of hydrogen-bond donors (Lipinski definition) is 2. The topological polar surface area (TPSA) is 136 Å². The lowest BCUT2D eigenvalue weighted by Crippen LogP contribution is -2.33. The Hall–Kier alpha value is -2.60. The summed E-state index contributed by atoms with van der Waals surface area (Å²) < 4.78 is 22.3. The van der Waals surface area contributed by atoms with E-state index in [4.69, 9.17) is 18.9 Å². The number of ether oxygens (including phenoxy) is 4. The maximum absolute atomic E-state index is 12.6. The second-order valence-corrected chi connectivity index (χ2v) is 16.6. The van der Waals surface area contributed by atoms with E-state index in [1.807, 2.05) is 0 Å². The minimum absolute atomic E-state index is 0.0244. The summed E-state index contributed by atoms with van der Waals surface area (Å²) in [6.45, 7) is 15.6. The van der Waals surface area contributed by atoms with Gasteiger partial charge in [0.1, 0.15) is 12.2 Å². The number of nitrogens with one attached hydrogen (secondary N) is 2. The molecule has 2 unspecified atom stereocenters. The minimum Gasteiger partial charge on any atom is -0.466 e. The van der Waals surface area contributed by atoms with Crippen LogP contribution in [0, 0.1) is 0 Å². The average Bonchev–Trinajstić information content (AvgIpc) is 3.76. The second-order valence-electron chi connectivity index (χ2n) is 16.6. The van der Waals surface area contributed by atoms with Gasteiger partial charge in [-0.15, -0.1) is 0 Å². The van der Waals surface area contributed by atoms with Gasteiger partial charge in [0.25, 0.3) is 0 Å². The highest BCUT2D eigenvalue weighted by Gasteiger charge is 2.16. The van der Waals surface area contributed by atoms with Crippen molar-refractivity contribution >= 4 is 24.1 Å². The maximum Gasteiger partial charge on any atom is 0.407 e. The van der Waals surface area contributed by atoms with E-state index < -0.39 is 0 Å². The monoisotopic (exact) mass is 839 g/mol. The van der Waals surface area contributed by atoms with E-state index in [0.717, 1.165) is 110 Å². The predicted molar refractivity (Wildman–Crippen MR) is 239 cm³/mol. The minimum atomic E-state index is -0.341. The number of alkyl carbamates (subject to hydrolysis) is 2. The molecule has 1 aliphatic rings. The molecule has 2 atom stereocenters. The molecule has 0 saturated carbocycles. The van der Waals surface area contributed by atoms with Crippen molar-refractivity contribution in [1.82, 2.24) is 20.4 Å². The number of rotatable bonds is 40. The Labute approximate surface area is 360 Å². The molecule has 0 spiro atoms. The van der Waals surface area contributed by atoms with Crippen LogP contribution in [0.2, 0.25) is 0 Å². The Bertz CT molecular complexity index is 960. The summed E-state index contributed by atoms with van der Waals surface area (Å²) in [6.07, 6.45) is 26.4. The zero-order chi connectivity index (χ0) is 43.0. The number of likely N-dealkylation sites (tertiary alicyclic amines) is 1. The van der Waals surface area contributed by atoms with E-state index in [1.165, 1.54) is 77.0 Å². The van der Waals surface area contributed by atoms with E-state index in [9.17, 15) is 19.2 Å². The molecule has 1 fully saturated rings. The highest BCUT2D eigenvalue weighted by atomic mass is 16.6. The van der Waals surface area contributed by atoms with Crippen molar-refractivity contribution in [3.05, 3.63) is 0 Å². The van der Waals surface area contributed by atoms with Crippen LogP contribution in [0.25, 0.3) is 0 Å². The molecule has 0 radical (unpaired) electrons. The van der Waals surface area contributed by atoms with Gasteiger partial charge in [-0.25, -0.2) is 9.59 Å². The van der Waals surface area contributed by atoms with E-state index in [1.54, 1.807) is 0 Å². The Kier molecular flexibility index (Phi) is 36.5. The molecule has 1 aliphatic heterocycles. The van der Waals surface area contributed by atoms with E-state index in [0.29, 0.717) is 39.4 Å². The van der Waals surface area contributed by atoms with Gasteiger partial charge in [-0.3, -0.25) is 9.59 Å². The number of nitrogens with zero attached hydrogens (tertiary/aromatic N) is 2. The van der Waals surface area contributed by atoms with E-state index in [2.05, 4.69) is 48.1 Å². The number of esters is 2. The first kappa shape index (κ1) is 54.4. The molecular weight excluding hydrogens is 749 g/mol. The number of carbonyl (C=O) groups is 4. The van der Waals surface area contributed by atoms with Crippen molar-refractivity contribution in [3.63, 3.8) is 0 Å². The Balaban J connectivity index is 2.21. The molecule has 1 saturated heterocycles. The normalized spacial score (nSPS) is 13.9. The van der Waals surface area contributed by atoms with Crippen molar-refractivity contribution < 1.29 is 38.1 Å². The largest absolute Gasteiger partial charge is 0.466 e. The quantitative estimate of drug-likeness (QED) is 0.0349. The highest BCUT2D eigenvalue weighted by Crippen LogP contribution is 2.15. The molecule has 59 heavy (non-hydrogen) atoms. The van der Waals surface area contributed by atoms with E-state index in [-0.39, 0.29) is 49.2 Å². The van der Waals surface area contributed by atoms with E-state index >= 15 is 0 Å². The Morgan fingerprint density at radius 2 is 0.949 bits per heavy atom. The summed E-state index contributed by atoms with van der Waals surface area (Å²) in [7, 11) is 0. The lowest BCUT2D eigenvalue weighted by molar-refractivity contribution is -0.144. The number of hydrogen-bond acceptors (Lipinski definition) is 10. The first-order valence-electron chi connectivity index (χ1n) is 24.5. The van der Waals surface area contributed by atoms with Gasteiger partial charge in [0.05, 0.1) is 26.1 Å². The van der Waals surface area contributed by atoms with Crippen LogP contribution in [-0.4, -0.2) is 112 Å². The van der Waals surface area contributed by atoms with Crippen molar-refractivity contribution in [2.75, 3.05) is 65.6 Å². The first-order chi connectivity index (χ1) is 28.8. The molecule has 0 aliphatic carbocycles. The van der Waals surface area contributed by atoms with Crippen molar-refractivity contribution in [2.45, 2.75) is 213 Å². The third-order valence-electron chi connectivity index (χ3n) is 11.3. The van der Waals surface area contributed by atoms with Crippen molar-refractivity contribution in [3.8, 4) is 0 Å². The fourth-order valence-corrected chi connectivity index (χ4v) is 7.45. The van der Waals surface area contributed by atoms with Crippen LogP contribution in [-0.2, 0) is 28.5 Å². The molecule has 0 bridgehead atoms. The van der Waals surface area contributed by atoms with Crippen LogP contribution in [0.15, 0.2) is 0 Å². The fourth-order valence-electron chi connectivity index (χ4n) is 7.45. The number of carbonyl (C=O) groups excluding carboxylic acids is 4. The smallest absolute Gasteiger partial charge is 0.407 e. The Morgan fingerprint density at radius 3 is 1.39 bits per heavy atom. The van der Waals surface area contributed by atoms with Crippen LogP contribution in [0.4, 0.5) is 9.59 Å². The van der Waals surface area contributed by atoms with Crippen molar-refractivity contribution in [1.29, 1.82) is 0 Å². The van der Waals surface area contributed by atoms with Crippen LogP contribution < -0.4 is 10.6 Å². The molecular formula is C47H90N4O8. The van der Waals surface area contributed by atoms with Gasteiger partial charge in [-0.1, -0.05) is 91.9 Å². The van der Waals surface area contributed by atoms with Gasteiger partial charge >= 0.3 is 24.1 Å². The average molecular weight is 839 g/mol.